The van der Waals surface area contributed by atoms with Crippen LogP contribution in [0.2, 0.25) is 0 Å². The highest BCUT2D eigenvalue weighted by Gasteiger charge is 2.27. The Kier molecular flexibility index (Phi) is 3.38. The van der Waals surface area contributed by atoms with Crippen LogP contribution in [0.1, 0.15) is 20.3 Å². The van der Waals surface area contributed by atoms with E-state index < -0.39 is 0 Å². The van der Waals surface area contributed by atoms with Gasteiger partial charge >= 0.3 is 6.09 Å². The Balaban J connectivity index is 2.77. The van der Waals surface area contributed by atoms with Crippen molar-refractivity contribution in [2.45, 2.75) is 26.3 Å². The molecular formula is C10H17NO3. The minimum Gasteiger partial charge on any atom is -0.501 e. The van der Waals surface area contributed by atoms with E-state index in [2.05, 4.69) is 0 Å². The van der Waals surface area contributed by atoms with Crippen LogP contribution in [0.15, 0.2) is 11.3 Å². The van der Waals surface area contributed by atoms with Gasteiger partial charge in [0.05, 0.1) is 20.0 Å². The standard InChI is InChI=1S/C10H17NO3/c1-7-6-11(10(12)14-4)8(2)5-9(7)13-3/h8H,5-6H2,1-4H3/t8-/m0/s1. The van der Waals surface area contributed by atoms with Gasteiger partial charge in [-0.05, 0) is 19.4 Å². The minimum absolute atomic E-state index is 0.140. The molecule has 0 spiro atoms. The molecule has 80 valence electrons. The number of hydrogen-bond acceptors (Lipinski definition) is 3. The third kappa shape index (κ3) is 2.00. The first kappa shape index (κ1) is 10.9. The van der Waals surface area contributed by atoms with Crippen molar-refractivity contribution in [3.05, 3.63) is 11.3 Å². The van der Waals surface area contributed by atoms with Crippen molar-refractivity contribution in [1.82, 2.24) is 4.90 Å². The van der Waals surface area contributed by atoms with Gasteiger partial charge in [0.1, 0.15) is 0 Å². The van der Waals surface area contributed by atoms with E-state index in [4.69, 9.17) is 9.47 Å². The highest BCUT2D eigenvalue weighted by atomic mass is 16.5. The van der Waals surface area contributed by atoms with E-state index in [0.29, 0.717) is 6.54 Å². The average molecular weight is 199 g/mol. The number of ether oxygens (including phenoxy) is 2. The summed E-state index contributed by atoms with van der Waals surface area (Å²) in [7, 11) is 3.07. The highest BCUT2D eigenvalue weighted by molar-refractivity contribution is 5.68. The summed E-state index contributed by atoms with van der Waals surface area (Å²) in [5.41, 5.74) is 1.09. The molecular weight excluding hydrogens is 182 g/mol. The van der Waals surface area contributed by atoms with Gasteiger partial charge < -0.3 is 14.4 Å². The van der Waals surface area contributed by atoms with E-state index in [1.54, 1.807) is 12.0 Å². The summed E-state index contributed by atoms with van der Waals surface area (Å²) in [6.07, 6.45) is 0.490. The maximum absolute atomic E-state index is 11.4. The van der Waals surface area contributed by atoms with Crippen LogP contribution >= 0.6 is 0 Å². The van der Waals surface area contributed by atoms with Crippen molar-refractivity contribution in [3.63, 3.8) is 0 Å². The molecule has 0 saturated heterocycles. The molecule has 0 aromatic carbocycles. The van der Waals surface area contributed by atoms with Crippen molar-refractivity contribution in [2.75, 3.05) is 20.8 Å². The molecule has 4 heteroatoms. The molecule has 1 rings (SSSR count). The van der Waals surface area contributed by atoms with Crippen molar-refractivity contribution in [3.8, 4) is 0 Å². The lowest BCUT2D eigenvalue weighted by Crippen LogP contribution is -2.43. The number of nitrogens with zero attached hydrogens (tertiary/aromatic N) is 1. The molecule has 1 aliphatic rings. The molecule has 0 aliphatic carbocycles. The summed E-state index contributed by atoms with van der Waals surface area (Å²) in [5, 5.41) is 0. The van der Waals surface area contributed by atoms with Crippen molar-refractivity contribution < 1.29 is 14.3 Å². The summed E-state index contributed by atoms with van der Waals surface area (Å²) in [6, 6.07) is 0.140. The number of carbonyl (C=O) groups excluding carboxylic acids is 1. The number of methoxy groups -OCH3 is 2. The molecule has 1 amide bonds. The monoisotopic (exact) mass is 199 g/mol. The van der Waals surface area contributed by atoms with Crippen LogP contribution in [0.4, 0.5) is 4.79 Å². The van der Waals surface area contributed by atoms with Crippen molar-refractivity contribution in [2.24, 2.45) is 0 Å². The predicted molar refractivity (Wildman–Crippen MR) is 52.9 cm³/mol. The minimum atomic E-state index is -0.271. The number of hydrogen-bond donors (Lipinski definition) is 0. The lowest BCUT2D eigenvalue weighted by Gasteiger charge is -2.33. The zero-order valence-electron chi connectivity index (χ0n) is 9.16. The normalized spacial score (nSPS) is 22.3. The molecule has 1 atom stereocenters. The smallest absolute Gasteiger partial charge is 0.410 e. The molecule has 1 aliphatic heterocycles. The molecule has 0 saturated carbocycles. The van der Waals surface area contributed by atoms with Gasteiger partial charge in [-0.15, -0.1) is 0 Å². The summed E-state index contributed by atoms with van der Waals surface area (Å²) >= 11 is 0. The SMILES string of the molecule is COC(=O)N1CC(C)=C(OC)C[C@@H]1C. The van der Waals surface area contributed by atoms with Gasteiger partial charge in [-0.3, -0.25) is 0 Å². The molecule has 0 unspecified atom stereocenters. The van der Waals surface area contributed by atoms with E-state index >= 15 is 0 Å². The molecule has 0 bridgehead atoms. The third-order valence-corrected chi connectivity index (χ3v) is 2.55. The van der Waals surface area contributed by atoms with Gasteiger partial charge in [0.25, 0.3) is 0 Å². The maximum Gasteiger partial charge on any atom is 0.410 e. The molecule has 0 radical (unpaired) electrons. The zero-order chi connectivity index (χ0) is 10.7. The molecule has 0 fully saturated rings. The Bertz CT molecular complexity index is 260. The zero-order valence-corrected chi connectivity index (χ0v) is 9.16. The van der Waals surface area contributed by atoms with E-state index in [-0.39, 0.29) is 12.1 Å². The summed E-state index contributed by atoms with van der Waals surface area (Å²) < 4.78 is 9.94. The Morgan fingerprint density at radius 1 is 1.50 bits per heavy atom. The van der Waals surface area contributed by atoms with Crippen LogP contribution in [0, 0.1) is 0 Å². The lowest BCUT2D eigenvalue weighted by molar-refractivity contribution is 0.101. The van der Waals surface area contributed by atoms with Crippen LogP contribution in [-0.4, -0.2) is 37.8 Å². The van der Waals surface area contributed by atoms with Crippen molar-refractivity contribution >= 4 is 6.09 Å². The van der Waals surface area contributed by atoms with Crippen LogP contribution < -0.4 is 0 Å². The van der Waals surface area contributed by atoms with Gasteiger partial charge in [0.15, 0.2) is 0 Å². The van der Waals surface area contributed by atoms with Gasteiger partial charge in [0, 0.05) is 19.0 Å². The topological polar surface area (TPSA) is 38.8 Å². The van der Waals surface area contributed by atoms with Gasteiger partial charge in [-0.1, -0.05) is 0 Å². The lowest BCUT2D eigenvalue weighted by atomic mass is 10.0. The maximum atomic E-state index is 11.4. The highest BCUT2D eigenvalue weighted by Crippen LogP contribution is 2.23. The summed E-state index contributed by atoms with van der Waals surface area (Å²) in [5.74, 6) is 0.984. The van der Waals surface area contributed by atoms with Crippen molar-refractivity contribution in [1.29, 1.82) is 0 Å². The average Bonchev–Trinajstić information content (AvgIpc) is 2.19. The Morgan fingerprint density at radius 3 is 2.64 bits per heavy atom. The van der Waals surface area contributed by atoms with E-state index in [0.717, 1.165) is 17.8 Å². The molecule has 0 N–H and O–H groups in total. The Morgan fingerprint density at radius 2 is 2.14 bits per heavy atom. The van der Waals surface area contributed by atoms with Gasteiger partial charge in [-0.2, -0.15) is 0 Å². The molecule has 4 nitrogen and oxygen atoms in total. The van der Waals surface area contributed by atoms with Gasteiger partial charge in [-0.25, -0.2) is 4.79 Å². The number of amides is 1. The summed E-state index contributed by atoms with van der Waals surface area (Å²) in [6.45, 7) is 4.56. The van der Waals surface area contributed by atoms with E-state index in [1.807, 2.05) is 13.8 Å². The van der Waals surface area contributed by atoms with Crippen LogP contribution in [0.5, 0.6) is 0 Å². The second-order valence-electron chi connectivity index (χ2n) is 3.56. The molecule has 0 aromatic heterocycles. The second kappa shape index (κ2) is 4.35. The Hall–Kier alpha value is -1.19. The van der Waals surface area contributed by atoms with Gasteiger partial charge in [0.2, 0.25) is 0 Å². The van der Waals surface area contributed by atoms with Crippen LogP contribution in [0.3, 0.4) is 0 Å². The molecule has 0 aromatic rings. The number of carbonyl (C=O) groups is 1. The first-order valence-corrected chi connectivity index (χ1v) is 4.67. The predicted octanol–water partition coefficient (Wildman–Crippen LogP) is 1.77. The van der Waals surface area contributed by atoms with E-state index in [1.165, 1.54) is 7.11 Å². The molecule has 1 heterocycles. The van der Waals surface area contributed by atoms with Crippen LogP contribution in [-0.2, 0) is 9.47 Å². The van der Waals surface area contributed by atoms with E-state index in [9.17, 15) is 4.79 Å². The quantitative estimate of drug-likeness (QED) is 0.646. The Labute approximate surface area is 84.5 Å². The van der Waals surface area contributed by atoms with Crippen LogP contribution in [0.25, 0.3) is 0 Å². The summed E-state index contributed by atoms with van der Waals surface area (Å²) in [4.78, 5) is 13.1. The first-order chi connectivity index (χ1) is 6.60. The second-order valence-corrected chi connectivity index (χ2v) is 3.56. The third-order valence-electron chi connectivity index (χ3n) is 2.55. The first-order valence-electron chi connectivity index (χ1n) is 4.67. The largest absolute Gasteiger partial charge is 0.501 e. The fourth-order valence-electron chi connectivity index (χ4n) is 1.67. The number of rotatable bonds is 1. The fraction of sp³-hybridized carbons (Fsp3) is 0.700. The fourth-order valence-corrected chi connectivity index (χ4v) is 1.67. The molecule has 14 heavy (non-hydrogen) atoms.